The summed E-state index contributed by atoms with van der Waals surface area (Å²) in [5, 5.41) is 5.77. The van der Waals surface area contributed by atoms with Crippen molar-refractivity contribution in [1.29, 1.82) is 0 Å². The number of hydrogen-bond donors (Lipinski definition) is 2. The first-order valence-electron chi connectivity index (χ1n) is 12.9. The average Bonchev–Trinajstić information content (AvgIpc) is 2.86. The second kappa shape index (κ2) is 11.5. The molecule has 0 atom stereocenters. The van der Waals surface area contributed by atoms with Gasteiger partial charge in [0.25, 0.3) is 5.91 Å². The molecule has 3 amide bonds. The largest absolute Gasteiger partial charge is 0.492 e. The minimum absolute atomic E-state index is 0.0521. The van der Waals surface area contributed by atoms with Gasteiger partial charge in [-0.3, -0.25) is 4.79 Å². The molecule has 7 nitrogen and oxygen atoms in total. The summed E-state index contributed by atoms with van der Waals surface area (Å²) in [5.74, 6) is 2.03. The first-order valence-corrected chi connectivity index (χ1v) is 12.9. The Morgan fingerprint density at radius 2 is 1.57 bits per heavy atom. The number of benzene rings is 2. The van der Waals surface area contributed by atoms with Crippen LogP contribution >= 0.6 is 0 Å². The Morgan fingerprint density at radius 1 is 0.914 bits per heavy atom. The highest BCUT2D eigenvalue weighted by Gasteiger charge is 2.27. The molecule has 35 heavy (non-hydrogen) atoms. The third kappa shape index (κ3) is 6.27. The van der Waals surface area contributed by atoms with Crippen LogP contribution in [0.4, 0.5) is 21.9 Å². The lowest BCUT2D eigenvalue weighted by molar-refractivity contribution is 0.0697. The number of urea groups is 1. The van der Waals surface area contributed by atoms with Gasteiger partial charge in [0.2, 0.25) is 0 Å². The van der Waals surface area contributed by atoms with E-state index in [4.69, 9.17) is 4.74 Å². The van der Waals surface area contributed by atoms with Gasteiger partial charge in [-0.25, -0.2) is 4.79 Å². The van der Waals surface area contributed by atoms with E-state index in [2.05, 4.69) is 29.4 Å². The minimum Gasteiger partial charge on any atom is -0.492 e. The van der Waals surface area contributed by atoms with Gasteiger partial charge in [0.15, 0.2) is 0 Å². The molecule has 2 heterocycles. The third-order valence-corrected chi connectivity index (χ3v) is 7.12. The third-order valence-electron chi connectivity index (χ3n) is 7.12. The number of piperidine rings is 2. The molecular formula is C28H38N4O3. The number of amides is 3. The molecule has 2 aromatic rings. The van der Waals surface area contributed by atoms with Crippen molar-refractivity contribution in [3.05, 3.63) is 48.0 Å². The summed E-state index contributed by atoms with van der Waals surface area (Å²) in [5.41, 5.74) is 2.83. The number of carbonyl (C=O) groups is 2. The number of ether oxygens (including phenoxy) is 1. The minimum atomic E-state index is -0.373. The molecule has 4 rings (SSSR count). The first kappa shape index (κ1) is 24.9. The van der Waals surface area contributed by atoms with E-state index in [1.54, 1.807) is 6.07 Å². The number of anilines is 3. The van der Waals surface area contributed by atoms with E-state index in [-0.39, 0.29) is 11.9 Å². The molecule has 2 aromatic carbocycles. The molecule has 2 aliphatic rings. The molecule has 0 radical (unpaired) electrons. The number of carbonyl (C=O) groups excluding carboxylic acids is 2. The van der Waals surface area contributed by atoms with Crippen molar-refractivity contribution >= 4 is 29.0 Å². The highest BCUT2D eigenvalue weighted by atomic mass is 16.5. The van der Waals surface area contributed by atoms with Crippen LogP contribution in [0.2, 0.25) is 0 Å². The van der Waals surface area contributed by atoms with Crippen LogP contribution in [0, 0.1) is 11.8 Å². The van der Waals surface area contributed by atoms with Crippen LogP contribution in [0.5, 0.6) is 5.75 Å². The zero-order valence-corrected chi connectivity index (χ0v) is 21.2. The van der Waals surface area contributed by atoms with Crippen molar-refractivity contribution in [3.63, 3.8) is 0 Å². The van der Waals surface area contributed by atoms with Crippen molar-refractivity contribution in [2.75, 3.05) is 48.3 Å². The van der Waals surface area contributed by atoms with Crippen LogP contribution < -0.4 is 20.3 Å². The second-order valence-electron chi connectivity index (χ2n) is 9.88. The Labute approximate surface area is 208 Å². The van der Waals surface area contributed by atoms with Crippen LogP contribution in [-0.4, -0.2) is 49.6 Å². The Bertz CT molecular complexity index is 1020. The normalized spacial score (nSPS) is 17.2. The van der Waals surface area contributed by atoms with Crippen LogP contribution in [0.15, 0.2) is 42.5 Å². The fourth-order valence-electron chi connectivity index (χ4n) is 4.83. The zero-order valence-electron chi connectivity index (χ0n) is 21.2. The van der Waals surface area contributed by atoms with Crippen molar-refractivity contribution < 1.29 is 14.3 Å². The van der Waals surface area contributed by atoms with E-state index < -0.39 is 0 Å². The summed E-state index contributed by atoms with van der Waals surface area (Å²) in [6, 6.07) is 12.7. The zero-order chi connectivity index (χ0) is 24.8. The summed E-state index contributed by atoms with van der Waals surface area (Å²) in [6.45, 7) is 10.4. The monoisotopic (exact) mass is 478 g/mol. The van der Waals surface area contributed by atoms with E-state index >= 15 is 0 Å². The highest BCUT2D eigenvalue weighted by molar-refractivity contribution is 6.04. The molecule has 0 bridgehead atoms. The lowest BCUT2D eigenvalue weighted by Crippen LogP contribution is -2.40. The van der Waals surface area contributed by atoms with Crippen molar-refractivity contribution in [3.8, 4) is 5.75 Å². The Kier molecular flexibility index (Phi) is 8.16. The molecule has 0 saturated carbocycles. The fraction of sp³-hybridized carbons (Fsp3) is 0.500. The number of nitrogens with zero attached hydrogens (tertiary/aromatic N) is 2. The molecule has 2 N–H and O–H groups in total. The maximum atomic E-state index is 13.6. The summed E-state index contributed by atoms with van der Waals surface area (Å²) in [7, 11) is 0. The smallest absolute Gasteiger partial charge is 0.323 e. The summed E-state index contributed by atoms with van der Waals surface area (Å²) >= 11 is 0. The number of hydrogen-bond acceptors (Lipinski definition) is 4. The molecule has 2 saturated heterocycles. The molecule has 0 aromatic heterocycles. The maximum Gasteiger partial charge on any atom is 0.323 e. The van der Waals surface area contributed by atoms with Gasteiger partial charge in [-0.15, -0.1) is 0 Å². The number of likely N-dealkylation sites (tertiary alicyclic amines) is 1. The summed E-state index contributed by atoms with van der Waals surface area (Å²) in [6.07, 6.45) is 4.30. The lowest BCUT2D eigenvalue weighted by Gasteiger charge is -2.35. The van der Waals surface area contributed by atoms with Crippen molar-refractivity contribution in [2.24, 2.45) is 11.8 Å². The van der Waals surface area contributed by atoms with Gasteiger partial charge in [0, 0.05) is 37.6 Å². The second-order valence-corrected chi connectivity index (χ2v) is 9.88. The number of nitrogens with one attached hydrogen (secondary N) is 2. The van der Waals surface area contributed by atoms with Crippen LogP contribution in [0.3, 0.4) is 0 Å². The summed E-state index contributed by atoms with van der Waals surface area (Å²) in [4.78, 5) is 30.7. The SMILES string of the molecule is CCOc1ccccc1NC(=O)Nc1ccc(N2CCC(C)CC2)c(C(=O)N2CCC(C)CC2)c1. The Morgan fingerprint density at radius 3 is 2.26 bits per heavy atom. The molecule has 2 fully saturated rings. The molecular weight excluding hydrogens is 440 g/mol. The van der Waals surface area contributed by atoms with Gasteiger partial charge >= 0.3 is 6.03 Å². The van der Waals surface area contributed by atoms with E-state index in [1.165, 1.54) is 0 Å². The molecule has 0 aliphatic carbocycles. The van der Waals surface area contributed by atoms with E-state index in [1.807, 2.05) is 48.2 Å². The van der Waals surface area contributed by atoms with Gasteiger partial charge < -0.3 is 25.2 Å². The predicted molar refractivity (Wildman–Crippen MR) is 142 cm³/mol. The van der Waals surface area contributed by atoms with Crippen LogP contribution in [0.1, 0.15) is 56.8 Å². The Balaban J connectivity index is 1.54. The van der Waals surface area contributed by atoms with Crippen molar-refractivity contribution in [1.82, 2.24) is 4.90 Å². The van der Waals surface area contributed by atoms with Crippen LogP contribution in [-0.2, 0) is 0 Å². The average molecular weight is 479 g/mol. The highest BCUT2D eigenvalue weighted by Crippen LogP contribution is 2.31. The van der Waals surface area contributed by atoms with E-state index in [9.17, 15) is 9.59 Å². The van der Waals surface area contributed by atoms with Gasteiger partial charge in [-0.1, -0.05) is 26.0 Å². The number of rotatable bonds is 6. The standard InChI is InChI=1S/C28H38N4O3/c1-4-35-26-8-6-5-7-24(26)30-28(34)29-22-9-10-25(31-15-11-20(2)12-16-31)23(19-22)27(33)32-17-13-21(3)14-18-32/h5-10,19-21H,4,11-18H2,1-3H3,(H2,29,30,34). The molecule has 0 unspecified atom stereocenters. The topological polar surface area (TPSA) is 73.9 Å². The van der Waals surface area contributed by atoms with Gasteiger partial charge in [0.05, 0.1) is 17.9 Å². The molecule has 2 aliphatic heterocycles. The van der Waals surface area contributed by atoms with Gasteiger partial charge in [0.1, 0.15) is 5.75 Å². The fourth-order valence-corrected chi connectivity index (χ4v) is 4.83. The molecule has 188 valence electrons. The summed E-state index contributed by atoms with van der Waals surface area (Å²) < 4.78 is 5.61. The van der Waals surface area contributed by atoms with Gasteiger partial charge in [-0.2, -0.15) is 0 Å². The van der Waals surface area contributed by atoms with Crippen molar-refractivity contribution in [2.45, 2.75) is 46.5 Å². The van der Waals surface area contributed by atoms with Gasteiger partial charge in [-0.05, 0) is 74.8 Å². The lowest BCUT2D eigenvalue weighted by atomic mass is 9.96. The van der Waals surface area contributed by atoms with E-state index in [0.29, 0.717) is 41.1 Å². The van der Waals surface area contributed by atoms with E-state index in [0.717, 1.165) is 57.5 Å². The molecule has 7 heteroatoms. The predicted octanol–water partition coefficient (Wildman–Crippen LogP) is 5.84. The molecule has 0 spiro atoms. The quantitative estimate of drug-likeness (QED) is 0.547. The van der Waals surface area contributed by atoms with Crippen LogP contribution in [0.25, 0.3) is 0 Å². The first-order chi connectivity index (χ1) is 16.9. The number of para-hydroxylation sites is 2. The Hall–Kier alpha value is -3.22. The maximum absolute atomic E-state index is 13.6.